The molecule has 0 spiro atoms. The Balaban J connectivity index is 2.08. The topological polar surface area (TPSA) is 68.9 Å². The molecule has 1 aromatic heterocycles. The van der Waals surface area contributed by atoms with Crippen molar-refractivity contribution in [1.82, 2.24) is 19.7 Å². The first-order valence-corrected chi connectivity index (χ1v) is 6.57. The van der Waals surface area contributed by atoms with Crippen LogP contribution in [0, 0.1) is 0 Å². The maximum atomic E-state index is 12.0. The lowest BCUT2D eigenvalue weighted by molar-refractivity contribution is -0.122. The van der Waals surface area contributed by atoms with Crippen molar-refractivity contribution in [3.8, 4) is 0 Å². The number of aryl methyl sites for hydroxylation is 1. The molecule has 1 unspecified atom stereocenters. The Labute approximate surface area is 106 Å². The molecule has 0 saturated heterocycles. The van der Waals surface area contributed by atoms with Gasteiger partial charge in [-0.05, 0) is 26.2 Å². The summed E-state index contributed by atoms with van der Waals surface area (Å²) in [6.45, 7) is 4.69. The summed E-state index contributed by atoms with van der Waals surface area (Å²) in [5, 5.41) is 7.07. The van der Waals surface area contributed by atoms with Crippen molar-refractivity contribution in [3.05, 3.63) is 16.3 Å². The van der Waals surface area contributed by atoms with E-state index in [1.165, 1.54) is 4.68 Å². The van der Waals surface area contributed by atoms with Crippen LogP contribution < -0.4 is 11.0 Å². The SMILES string of the molecule is CCC(C)NC(=O)Cn1nc2n(c1=O)CCCC2. The van der Waals surface area contributed by atoms with Gasteiger partial charge in [-0.25, -0.2) is 9.48 Å². The summed E-state index contributed by atoms with van der Waals surface area (Å²) in [7, 11) is 0. The predicted octanol–water partition coefficient (Wildman–Crippen LogP) is 0.296. The van der Waals surface area contributed by atoms with Gasteiger partial charge in [-0.2, -0.15) is 5.10 Å². The van der Waals surface area contributed by atoms with E-state index in [1.54, 1.807) is 4.57 Å². The Bertz CT molecular complexity index is 489. The molecule has 2 heterocycles. The van der Waals surface area contributed by atoms with Crippen LogP contribution >= 0.6 is 0 Å². The van der Waals surface area contributed by atoms with Crippen molar-refractivity contribution < 1.29 is 4.79 Å². The molecular weight excluding hydrogens is 232 g/mol. The van der Waals surface area contributed by atoms with Gasteiger partial charge in [-0.3, -0.25) is 9.36 Å². The highest BCUT2D eigenvalue weighted by molar-refractivity contribution is 5.75. The summed E-state index contributed by atoms with van der Waals surface area (Å²) in [4.78, 5) is 23.7. The van der Waals surface area contributed by atoms with Gasteiger partial charge in [0.25, 0.3) is 0 Å². The van der Waals surface area contributed by atoms with Crippen LogP contribution in [-0.2, 0) is 24.3 Å². The first kappa shape index (κ1) is 12.9. The van der Waals surface area contributed by atoms with Gasteiger partial charge in [0, 0.05) is 19.0 Å². The van der Waals surface area contributed by atoms with E-state index in [2.05, 4.69) is 10.4 Å². The third-order valence-electron chi connectivity index (χ3n) is 3.34. The number of nitrogens with zero attached hydrogens (tertiary/aromatic N) is 3. The number of nitrogens with one attached hydrogen (secondary N) is 1. The van der Waals surface area contributed by atoms with E-state index in [-0.39, 0.29) is 24.2 Å². The number of fused-ring (bicyclic) bond motifs is 1. The van der Waals surface area contributed by atoms with Crippen LogP contribution in [0.25, 0.3) is 0 Å². The Morgan fingerprint density at radius 2 is 2.28 bits per heavy atom. The molecule has 18 heavy (non-hydrogen) atoms. The van der Waals surface area contributed by atoms with Crippen LogP contribution in [0.1, 0.15) is 38.9 Å². The summed E-state index contributed by atoms with van der Waals surface area (Å²) >= 11 is 0. The first-order valence-electron chi connectivity index (χ1n) is 6.57. The van der Waals surface area contributed by atoms with Crippen molar-refractivity contribution in [2.24, 2.45) is 0 Å². The fraction of sp³-hybridized carbons (Fsp3) is 0.750. The summed E-state index contributed by atoms with van der Waals surface area (Å²) in [6, 6.07) is 0.130. The third kappa shape index (κ3) is 2.63. The molecule has 1 aliphatic heterocycles. The van der Waals surface area contributed by atoms with Gasteiger partial charge in [0.2, 0.25) is 5.91 Å². The van der Waals surface area contributed by atoms with E-state index in [0.717, 1.165) is 38.1 Å². The van der Waals surface area contributed by atoms with E-state index in [9.17, 15) is 9.59 Å². The Kier molecular flexibility index (Phi) is 3.84. The summed E-state index contributed by atoms with van der Waals surface area (Å²) in [5.41, 5.74) is -0.163. The average molecular weight is 252 g/mol. The zero-order chi connectivity index (χ0) is 13.1. The first-order chi connectivity index (χ1) is 8.61. The molecule has 0 saturated carbocycles. The van der Waals surface area contributed by atoms with E-state index in [0.29, 0.717) is 0 Å². The zero-order valence-corrected chi connectivity index (χ0v) is 11.0. The van der Waals surface area contributed by atoms with Crippen LogP contribution in [0.5, 0.6) is 0 Å². The molecule has 1 amide bonds. The molecule has 1 N–H and O–H groups in total. The van der Waals surface area contributed by atoms with Crippen LogP contribution in [0.2, 0.25) is 0 Å². The molecule has 0 aliphatic carbocycles. The van der Waals surface area contributed by atoms with Crippen molar-refractivity contribution in [3.63, 3.8) is 0 Å². The van der Waals surface area contributed by atoms with Crippen molar-refractivity contribution in [2.75, 3.05) is 0 Å². The molecule has 1 aromatic rings. The monoisotopic (exact) mass is 252 g/mol. The summed E-state index contributed by atoms with van der Waals surface area (Å²) < 4.78 is 2.96. The minimum atomic E-state index is -0.163. The lowest BCUT2D eigenvalue weighted by Gasteiger charge is -2.10. The third-order valence-corrected chi connectivity index (χ3v) is 3.34. The van der Waals surface area contributed by atoms with Crippen molar-refractivity contribution >= 4 is 5.91 Å². The normalized spacial score (nSPS) is 16.1. The summed E-state index contributed by atoms with van der Waals surface area (Å²) in [6.07, 6.45) is 3.78. The largest absolute Gasteiger partial charge is 0.352 e. The predicted molar refractivity (Wildman–Crippen MR) is 67.3 cm³/mol. The van der Waals surface area contributed by atoms with Crippen molar-refractivity contribution in [2.45, 2.75) is 58.7 Å². The van der Waals surface area contributed by atoms with Gasteiger partial charge in [-0.15, -0.1) is 0 Å². The van der Waals surface area contributed by atoms with Crippen molar-refractivity contribution in [1.29, 1.82) is 0 Å². The average Bonchev–Trinajstić information content (AvgIpc) is 2.66. The van der Waals surface area contributed by atoms with E-state index >= 15 is 0 Å². The maximum absolute atomic E-state index is 12.0. The van der Waals surface area contributed by atoms with Gasteiger partial charge in [0.05, 0.1) is 0 Å². The van der Waals surface area contributed by atoms with Gasteiger partial charge in [0.15, 0.2) is 0 Å². The second-order valence-electron chi connectivity index (χ2n) is 4.84. The zero-order valence-electron chi connectivity index (χ0n) is 11.0. The number of carbonyl (C=O) groups excluding carboxylic acids is 1. The molecule has 0 radical (unpaired) electrons. The second kappa shape index (κ2) is 5.37. The highest BCUT2D eigenvalue weighted by atomic mass is 16.2. The molecule has 6 heteroatoms. The minimum absolute atomic E-state index is 0.0170. The molecule has 6 nitrogen and oxygen atoms in total. The van der Waals surface area contributed by atoms with E-state index in [4.69, 9.17) is 0 Å². The van der Waals surface area contributed by atoms with Gasteiger partial charge in [0.1, 0.15) is 12.4 Å². The Morgan fingerprint density at radius 3 is 2.94 bits per heavy atom. The quantitative estimate of drug-likeness (QED) is 0.837. The Morgan fingerprint density at radius 1 is 1.50 bits per heavy atom. The molecule has 1 aliphatic rings. The number of aromatic nitrogens is 3. The second-order valence-corrected chi connectivity index (χ2v) is 4.84. The van der Waals surface area contributed by atoms with E-state index in [1.807, 2.05) is 13.8 Å². The number of amides is 1. The van der Waals surface area contributed by atoms with E-state index < -0.39 is 0 Å². The molecule has 2 rings (SSSR count). The minimum Gasteiger partial charge on any atom is -0.352 e. The smallest absolute Gasteiger partial charge is 0.346 e. The lowest BCUT2D eigenvalue weighted by Crippen LogP contribution is -2.37. The molecule has 1 atom stereocenters. The van der Waals surface area contributed by atoms with Crippen LogP contribution in [0.4, 0.5) is 0 Å². The van der Waals surface area contributed by atoms with Crippen LogP contribution in [-0.4, -0.2) is 26.3 Å². The molecular formula is C12H20N4O2. The van der Waals surface area contributed by atoms with Gasteiger partial charge < -0.3 is 5.32 Å². The maximum Gasteiger partial charge on any atom is 0.346 e. The lowest BCUT2D eigenvalue weighted by atomic mass is 10.2. The molecule has 0 bridgehead atoms. The molecule has 100 valence electrons. The molecule has 0 fully saturated rings. The van der Waals surface area contributed by atoms with Crippen LogP contribution in [0.15, 0.2) is 4.79 Å². The number of carbonyl (C=O) groups is 1. The molecule has 0 aromatic carbocycles. The van der Waals surface area contributed by atoms with Gasteiger partial charge >= 0.3 is 5.69 Å². The van der Waals surface area contributed by atoms with Gasteiger partial charge in [-0.1, -0.05) is 6.92 Å². The highest BCUT2D eigenvalue weighted by Gasteiger charge is 2.18. The number of hydrogen-bond donors (Lipinski definition) is 1. The Hall–Kier alpha value is -1.59. The fourth-order valence-electron chi connectivity index (χ4n) is 2.11. The number of rotatable bonds is 4. The standard InChI is InChI=1S/C12H20N4O2/c1-3-9(2)13-11(17)8-16-12(18)15-7-5-4-6-10(15)14-16/h9H,3-8H2,1-2H3,(H,13,17). The fourth-order valence-corrected chi connectivity index (χ4v) is 2.11. The highest BCUT2D eigenvalue weighted by Crippen LogP contribution is 2.09. The number of hydrogen-bond acceptors (Lipinski definition) is 3. The summed E-state index contributed by atoms with van der Waals surface area (Å²) in [5.74, 6) is 0.657. The van der Waals surface area contributed by atoms with Crippen LogP contribution in [0.3, 0.4) is 0 Å².